The number of nitrogens with one attached hydrogen (secondary N) is 1. The highest BCUT2D eigenvalue weighted by Crippen LogP contribution is 2.19. The highest BCUT2D eigenvalue weighted by Gasteiger charge is 2.13. The first kappa shape index (κ1) is 12.5. The number of carbonyl (C=O) groups excluding carboxylic acids is 1. The standard InChI is InChI=1S/C11H22N2O2/c1-9(12)11(14)13-7-8-15-10-5-3-2-4-6-10/h9-10H,2-8,12H2,1H3,(H,13,14)/t9-/m1/s1. The minimum absolute atomic E-state index is 0.109. The number of hydrogen-bond donors (Lipinski definition) is 2. The molecule has 4 heteroatoms. The summed E-state index contributed by atoms with van der Waals surface area (Å²) in [6.07, 6.45) is 6.63. The Balaban J connectivity index is 1.98. The van der Waals surface area contributed by atoms with Crippen LogP contribution in [0.4, 0.5) is 0 Å². The van der Waals surface area contributed by atoms with Gasteiger partial charge in [0.1, 0.15) is 0 Å². The van der Waals surface area contributed by atoms with Crippen LogP contribution in [0.25, 0.3) is 0 Å². The van der Waals surface area contributed by atoms with E-state index in [0.29, 0.717) is 19.3 Å². The van der Waals surface area contributed by atoms with Crippen LogP contribution in [-0.2, 0) is 9.53 Å². The Bertz CT molecular complexity index is 189. The Morgan fingerprint density at radius 1 is 1.47 bits per heavy atom. The van der Waals surface area contributed by atoms with Crippen molar-refractivity contribution in [1.82, 2.24) is 5.32 Å². The molecule has 0 aromatic rings. The summed E-state index contributed by atoms with van der Waals surface area (Å²) in [5, 5.41) is 2.73. The lowest BCUT2D eigenvalue weighted by molar-refractivity contribution is -0.122. The fraction of sp³-hybridized carbons (Fsp3) is 0.909. The van der Waals surface area contributed by atoms with Gasteiger partial charge in [0, 0.05) is 6.54 Å². The second-order valence-corrected chi connectivity index (χ2v) is 4.21. The first-order valence-corrected chi connectivity index (χ1v) is 5.85. The monoisotopic (exact) mass is 214 g/mol. The Morgan fingerprint density at radius 3 is 2.73 bits per heavy atom. The third-order valence-electron chi connectivity index (χ3n) is 2.72. The predicted molar refractivity (Wildman–Crippen MR) is 59.5 cm³/mol. The summed E-state index contributed by atoms with van der Waals surface area (Å²) in [6.45, 7) is 2.84. The normalized spacial score (nSPS) is 19.9. The molecule has 0 heterocycles. The van der Waals surface area contributed by atoms with E-state index in [-0.39, 0.29) is 5.91 Å². The van der Waals surface area contributed by atoms with E-state index in [9.17, 15) is 4.79 Å². The molecular formula is C11H22N2O2. The first-order valence-electron chi connectivity index (χ1n) is 5.85. The molecule has 1 aliphatic carbocycles. The first-order chi connectivity index (χ1) is 7.20. The minimum Gasteiger partial charge on any atom is -0.376 e. The number of rotatable bonds is 5. The second-order valence-electron chi connectivity index (χ2n) is 4.21. The fourth-order valence-electron chi connectivity index (χ4n) is 1.79. The van der Waals surface area contributed by atoms with E-state index in [1.165, 1.54) is 32.1 Å². The topological polar surface area (TPSA) is 64.4 Å². The van der Waals surface area contributed by atoms with Gasteiger partial charge in [0.05, 0.1) is 18.8 Å². The molecule has 88 valence electrons. The highest BCUT2D eigenvalue weighted by molar-refractivity contribution is 5.80. The van der Waals surface area contributed by atoms with Crippen LogP contribution in [0.5, 0.6) is 0 Å². The molecule has 1 rings (SSSR count). The molecule has 0 radical (unpaired) electrons. The molecule has 0 aromatic carbocycles. The van der Waals surface area contributed by atoms with Crippen LogP contribution in [0.15, 0.2) is 0 Å². The van der Waals surface area contributed by atoms with Crippen molar-refractivity contribution in [1.29, 1.82) is 0 Å². The zero-order chi connectivity index (χ0) is 11.1. The van der Waals surface area contributed by atoms with Crippen molar-refractivity contribution >= 4 is 5.91 Å². The highest BCUT2D eigenvalue weighted by atomic mass is 16.5. The van der Waals surface area contributed by atoms with Gasteiger partial charge in [0.2, 0.25) is 5.91 Å². The van der Waals surface area contributed by atoms with Gasteiger partial charge in [-0.3, -0.25) is 4.79 Å². The van der Waals surface area contributed by atoms with Crippen LogP contribution < -0.4 is 11.1 Å². The molecule has 0 aromatic heterocycles. The number of nitrogens with two attached hydrogens (primary N) is 1. The lowest BCUT2D eigenvalue weighted by atomic mass is 9.98. The third-order valence-corrected chi connectivity index (χ3v) is 2.72. The molecule has 0 saturated heterocycles. The summed E-state index contributed by atoms with van der Waals surface area (Å²) >= 11 is 0. The summed E-state index contributed by atoms with van der Waals surface area (Å²) in [6, 6.07) is -0.431. The minimum atomic E-state index is -0.431. The Kier molecular flexibility index (Phi) is 5.65. The smallest absolute Gasteiger partial charge is 0.236 e. The average molecular weight is 214 g/mol. The van der Waals surface area contributed by atoms with E-state index >= 15 is 0 Å². The van der Waals surface area contributed by atoms with E-state index in [1.807, 2.05) is 0 Å². The molecule has 15 heavy (non-hydrogen) atoms. The molecule has 3 N–H and O–H groups in total. The van der Waals surface area contributed by atoms with Gasteiger partial charge in [-0.15, -0.1) is 0 Å². The summed E-state index contributed by atoms with van der Waals surface area (Å²) < 4.78 is 5.66. The van der Waals surface area contributed by atoms with Crippen molar-refractivity contribution in [3.8, 4) is 0 Å². The SMILES string of the molecule is C[C@@H](N)C(=O)NCCOC1CCCCC1. The molecule has 4 nitrogen and oxygen atoms in total. The molecule has 1 atom stereocenters. The van der Waals surface area contributed by atoms with Gasteiger partial charge in [-0.05, 0) is 19.8 Å². The lowest BCUT2D eigenvalue weighted by Crippen LogP contribution is -2.40. The maximum atomic E-state index is 11.1. The molecule has 1 amide bonds. The number of hydrogen-bond acceptors (Lipinski definition) is 3. The summed E-state index contributed by atoms with van der Waals surface area (Å²) in [5.41, 5.74) is 5.41. The number of amides is 1. The van der Waals surface area contributed by atoms with Crippen LogP contribution in [0.1, 0.15) is 39.0 Å². The summed E-state index contributed by atoms with van der Waals surface area (Å²) in [7, 11) is 0. The molecule has 1 fully saturated rings. The van der Waals surface area contributed by atoms with Gasteiger partial charge in [-0.2, -0.15) is 0 Å². The maximum absolute atomic E-state index is 11.1. The van der Waals surface area contributed by atoms with Crippen molar-refractivity contribution in [3.63, 3.8) is 0 Å². The molecule has 0 spiro atoms. The largest absolute Gasteiger partial charge is 0.376 e. The van der Waals surface area contributed by atoms with Crippen molar-refractivity contribution in [3.05, 3.63) is 0 Å². The van der Waals surface area contributed by atoms with Crippen molar-refractivity contribution < 1.29 is 9.53 Å². The Morgan fingerprint density at radius 2 is 2.13 bits per heavy atom. The second kappa shape index (κ2) is 6.80. The van der Waals surface area contributed by atoms with E-state index in [4.69, 9.17) is 10.5 Å². The zero-order valence-electron chi connectivity index (χ0n) is 9.50. The zero-order valence-corrected chi connectivity index (χ0v) is 9.50. The van der Waals surface area contributed by atoms with E-state index in [0.717, 1.165) is 0 Å². The maximum Gasteiger partial charge on any atom is 0.236 e. The Hall–Kier alpha value is -0.610. The van der Waals surface area contributed by atoms with E-state index in [2.05, 4.69) is 5.32 Å². The van der Waals surface area contributed by atoms with Crippen molar-refractivity contribution in [2.75, 3.05) is 13.2 Å². The molecule has 0 aliphatic heterocycles. The van der Waals surface area contributed by atoms with Crippen molar-refractivity contribution in [2.45, 2.75) is 51.2 Å². The average Bonchev–Trinajstić information content (AvgIpc) is 2.25. The quantitative estimate of drug-likeness (QED) is 0.665. The van der Waals surface area contributed by atoms with Gasteiger partial charge >= 0.3 is 0 Å². The van der Waals surface area contributed by atoms with Crippen LogP contribution in [0.2, 0.25) is 0 Å². The van der Waals surface area contributed by atoms with Gasteiger partial charge < -0.3 is 15.8 Å². The van der Waals surface area contributed by atoms with Gasteiger partial charge in [0.15, 0.2) is 0 Å². The van der Waals surface area contributed by atoms with E-state index in [1.54, 1.807) is 6.92 Å². The van der Waals surface area contributed by atoms with Crippen LogP contribution in [-0.4, -0.2) is 31.2 Å². The number of ether oxygens (including phenoxy) is 1. The van der Waals surface area contributed by atoms with Crippen LogP contribution >= 0.6 is 0 Å². The predicted octanol–water partition coefficient (Wildman–Crippen LogP) is 0.799. The van der Waals surface area contributed by atoms with Crippen LogP contribution in [0.3, 0.4) is 0 Å². The van der Waals surface area contributed by atoms with Crippen LogP contribution in [0, 0.1) is 0 Å². The molecule has 1 saturated carbocycles. The summed E-state index contributed by atoms with van der Waals surface area (Å²) in [5.74, 6) is -0.109. The third kappa shape index (κ3) is 5.14. The molecule has 0 bridgehead atoms. The van der Waals surface area contributed by atoms with Crippen molar-refractivity contribution in [2.24, 2.45) is 5.73 Å². The van der Waals surface area contributed by atoms with Gasteiger partial charge in [0.25, 0.3) is 0 Å². The molecule has 0 unspecified atom stereocenters. The Labute approximate surface area is 91.5 Å². The van der Waals surface area contributed by atoms with Gasteiger partial charge in [-0.25, -0.2) is 0 Å². The lowest BCUT2D eigenvalue weighted by Gasteiger charge is -2.22. The fourth-order valence-corrected chi connectivity index (χ4v) is 1.79. The van der Waals surface area contributed by atoms with Gasteiger partial charge in [-0.1, -0.05) is 19.3 Å². The summed E-state index contributed by atoms with van der Waals surface area (Å²) in [4.78, 5) is 11.1. The molecule has 1 aliphatic rings. The van der Waals surface area contributed by atoms with E-state index < -0.39 is 6.04 Å². The number of carbonyl (C=O) groups is 1. The molecular weight excluding hydrogens is 192 g/mol.